The highest BCUT2D eigenvalue weighted by atomic mass is 16.5. The molecule has 4 unspecified atom stereocenters. The van der Waals surface area contributed by atoms with Crippen LogP contribution in [0.25, 0.3) is 0 Å². The Bertz CT molecular complexity index is 307. The van der Waals surface area contributed by atoms with Crippen molar-refractivity contribution in [2.75, 3.05) is 19.7 Å². The lowest BCUT2D eigenvalue weighted by Gasteiger charge is -2.57. The van der Waals surface area contributed by atoms with Gasteiger partial charge >= 0.3 is 0 Å². The molecular weight excluding hydrogens is 236 g/mol. The van der Waals surface area contributed by atoms with Crippen LogP contribution in [0.1, 0.15) is 58.3 Å². The molecule has 3 nitrogen and oxygen atoms in total. The standard InChI is InChI=1S/C16H30N2O/c1-13-6-4-5-9-16(13,12-17)18-10-11-19-15-8-3-2-7-14(15)18/h13-15H,2-12,17H2,1H3. The van der Waals surface area contributed by atoms with Gasteiger partial charge in [-0.15, -0.1) is 0 Å². The number of rotatable bonds is 2. The molecule has 0 aromatic carbocycles. The average Bonchev–Trinajstić information content (AvgIpc) is 2.48. The highest BCUT2D eigenvalue weighted by molar-refractivity contribution is 5.03. The Kier molecular flexibility index (Phi) is 4.16. The number of ether oxygens (including phenoxy) is 1. The van der Waals surface area contributed by atoms with Gasteiger partial charge in [0.05, 0.1) is 12.7 Å². The molecule has 0 spiro atoms. The number of hydrogen-bond acceptors (Lipinski definition) is 3. The summed E-state index contributed by atoms with van der Waals surface area (Å²) in [6, 6.07) is 0.645. The highest BCUT2D eigenvalue weighted by Crippen LogP contribution is 2.42. The van der Waals surface area contributed by atoms with E-state index in [1.165, 1.54) is 51.4 Å². The Hall–Kier alpha value is -0.120. The lowest BCUT2D eigenvalue weighted by Crippen LogP contribution is -2.67. The first kappa shape index (κ1) is 13.8. The fourth-order valence-corrected chi connectivity index (χ4v) is 4.89. The van der Waals surface area contributed by atoms with Gasteiger partial charge in [-0.25, -0.2) is 0 Å². The minimum Gasteiger partial charge on any atom is -0.375 e. The van der Waals surface area contributed by atoms with E-state index in [0.717, 1.165) is 25.6 Å². The number of fused-ring (bicyclic) bond motifs is 1. The predicted molar refractivity (Wildman–Crippen MR) is 78.1 cm³/mol. The molecule has 0 amide bonds. The van der Waals surface area contributed by atoms with E-state index in [9.17, 15) is 0 Å². The summed E-state index contributed by atoms with van der Waals surface area (Å²) in [5, 5.41) is 0. The molecule has 3 rings (SSSR count). The van der Waals surface area contributed by atoms with Crippen LogP contribution >= 0.6 is 0 Å². The molecule has 3 aliphatic rings. The van der Waals surface area contributed by atoms with Gasteiger partial charge in [0, 0.05) is 24.7 Å². The first-order valence-electron chi connectivity index (χ1n) is 8.36. The van der Waals surface area contributed by atoms with E-state index in [1.807, 2.05) is 0 Å². The molecule has 1 saturated heterocycles. The van der Waals surface area contributed by atoms with Crippen LogP contribution in [0.4, 0.5) is 0 Å². The summed E-state index contributed by atoms with van der Waals surface area (Å²) in [6.45, 7) is 5.27. The maximum Gasteiger partial charge on any atom is 0.0731 e. The number of nitrogens with two attached hydrogens (primary N) is 1. The van der Waals surface area contributed by atoms with Crippen molar-refractivity contribution in [1.29, 1.82) is 0 Å². The van der Waals surface area contributed by atoms with E-state index in [-0.39, 0.29) is 5.54 Å². The van der Waals surface area contributed by atoms with E-state index < -0.39 is 0 Å². The molecule has 0 radical (unpaired) electrons. The molecular formula is C16H30N2O. The summed E-state index contributed by atoms with van der Waals surface area (Å²) in [7, 11) is 0. The van der Waals surface area contributed by atoms with Crippen molar-refractivity contribution < 1.29 is 4.74 Å². The SMILES string of the molecule is CC1CCCCC1(CN)N1CCOC2CCCCC21. The smallest absolute Gasteiger partial charge is 0.0731 e. The quantitative estimate of drug-likeness (QED) is 0.835. The molecule has 2 aliphatic carbocycles. The minimum atomic E-state index is 0.266. The first-order valence-corrected chi connectivity index (χ1v) is 8.36. The van der Waals surface area contributed by atoms with Gasteiger partial charge in [0.25, 0.3) is 0 Å². The largest absolute Gasteiger partial charge is 0.375 e. The molecule has 3 heteroatoms. The van der Waals surface area contributed by atoms with Gasteiger partial charge in [0.15, 0.2) is 0 Å². The van der Waals surface area contributed by atoms with E-state index >= 15 is 0 Å². The van der Waals surface area contributed by atoms with E-state index in [0.29, 0.717) is 12.1 Å². The highest BCUT2D eigenvalue weighted by Gasteiger charge is 2.48. The Balaban J connectivity index is 1.84. The van der Waals surface area contributed by atoms with Crippen molar-refractivity contribution in [3.05, 3.63) is 0 Å². The van der Waals surface area contributed by atoms with Crippen LogP contribution in [0.15, 0.2) is 0 Å². The monoisotopic (exact) mass is 266 g/mol. The Morgan fingerprint density at radius 1 is 1.16 bits per heavy atom. The lowest BCUT2D eigenvalue weighted by atomic mass is 9.70. The van der Waals surface area contributed by atoms with Crippen molar-refractivity contribution >= 4 is 0 Å². The molecule has 1 aliphatic heterocycles. The number of morpholine rings is 1. The molecule has 2 N–H and O–H groups in total. The second-order valence-corrected chi connectivity index (χ2v) is 6.91. The zero-order valence-corrected chi connectivity index (χ0v) is 12.4. The van der Waals surface area contributed by atoms with Crippen molar-refractivity contribution in [1.82, 2.24) is 4.90 Å². The van der Waals surface area contributed by atoms with E-state index in [4.69, 9.17) is 10.5 Å². The third-order valence-electron chi connectivity index (χ3n) is 6.07. The van der Waals surface area contributed by atoms with Crippen molar-refractivity contribution in [3.63, 3.8) is 0 Å². The average molecular weight is 266 g/mol. The van der Waals surface area contributed by atoms with Gasteiger partial charge in [-0.3, -0.25) is 4.90 Å². The second-order valence-electron chi connectivity index (χ2n) is 6.91. The summed E-state index contributed by atoms with van der Waals surface area (Å²) in [5.41, 5.74) is 6.57. The fraction of sp³-hybridized carbons (Fsp3) is 1.00. The van der Waals surface area contributed by atoms with Crippen LogP contribution in [-0.2, 0) is 4.74 Å². The maximum absolute atomic E-state index is 6.30. The van der Waals surface area contributed by atoms with Gasteiger partial charge in [-0.05, 0) is 31.6 Å². The third kappa shape index (κ3) is 2.34. The van der Waals surface area contributed by atoms with Crippen LogP contribution < -0.4 is 5.73 Å². The van der Waals surface area contributed by atoms with Crippen LogP contribution in [0, 0.1) is 5.92 Å². The zero-order chi connectivity index (χ0) is 13.3. The van der Waals surface area contributed by atoms with Crippen LogP contribution in [0.3, 0.4) is 0 Å². The van der Waals surface area contributed by atoms with Crippen molar-refractivity contribution in [2.24, 2.45) is 11.7 Å². The summed E-state index contributed by atoms with van der Waals surface area (Å²) >= 11 is 0. The normalized spacial score (nSPS) is 44.8. The van der Waals surface area contributed by atoms with Gasteiger partial charge < -0.3 is 10.5 Å². The van der Waals surface area contributed by atoms with Crippen LogP contribution in [-0.4, -0.2) is 42.3 Å². The van der Waals surface area contributed by atoms with E-state index in [2.05, 4.69) is 11.8 Å². The zero-order valence-electron chi connectivity index (χ0n) is 12.4. The summed E-state index contributed by atoms with van der Waals surface area (Å²) < 4.78 is 6.05. The Labute approximate surface area is 117 Å². The minimum absolute atomic E-state index is 0.266. The number of nitrogens with zero attached hydrogens (tertiary/aromatic N) is 1. The van der Waals surface area contributed by atoms with Gasteiger partial charge in [0.2, 0.25) is 0 Å². The second kappa shape index (κ2) is 5.71. The third-order valence-corrected chi connectivity index (χ3v) is 6.07. The summed E-state index contributed by atoms with van der Waals surface area (Å²) in [6.07, 6.45) is 11.2. The molecule has 3 fully saturated rings. The topological polar surface area (TPSA) is 38.5 Å². The molecule has 0 aromatic heterocycles. The molecule has 19 heavy (non-hydrogen) atoms. The Morgan fingerprint density at radius 3 is 2.74 bits per heavy atom. The van der Waals surface area contributed by atoms with E-state index in [1.54, 1.807) is 0 Å². The van der Waals surface area contributed by atoms with Crippen LogP contribution in [0.5, 0.6) is 0 Å². The van der Waals surface area contributed by atoms with Gasteiger partial charge in [-0.1, -0.05) is 32.6 Å². The summed E-state index contributed by atoms with van der Waals surface area (Å²) in [4.78, 5) is 2.80. The van der Waals surface area contributed by atoms with Crippen molar-refractivity contribution in [3.8, 4) is 0 Å². The Morgan fingerprint density at radius 2 is 1.95 bits per heavy atom. The molecule has 1 heterocycles. The molecule has 110 valence electrons. The fourth-order valence-electron chi connectivity index (χ4n) is 4.89. The molecule has 0 bridgehead atoms. The molecule has 4 atom stereocenters. The molecule has 0 aromatic rings. The van der Waals surface area contributed by atoms with Crippen molar-refractivity contribution in [2.45, 2.75) is 76.0 Å². The number of hydrogen-bond donors (Lipinski definition) is 1. The summed E-state index contributed by atoms with van der Waals surface area (Å²) in [5.74, 6) is 0.743. The first-order chi connectivity index (χ1) is 9.28. The molecule has 2 saturated carbocycles. The van der Waals surface area contributed by atoms with Gasteiger partial charge in [0.1, 0.15) is 0 Å². The van der Waals surface area contributed by atoms with Gasteiger partial charge in [-0.2, -0.15) is 0 Å². The predicted octanol–water partition coefficient (Wildman–Crippen LogP) is 2.54. The van der Waals surface area contributed by atoms with Crippen LogP contribution in [0.2, 0.25) is 0 Å². The maximum atomic E-state index is 6.30. The lowest BCUT2D eigenvalue weighted by molar-refractivity contribution is -0.143.